The summed E-state index contributed by atoms with van der Waals surface area (Å²) in [6.45, 7) is 5.29. The van der Waals surface area contributed by atoms with E-state index in [1.54, 1.807) is 11.3 Å². The molecule has 1 N–H and O–H groups in total. The van der Waals surface area contributed by atoms with Gasteiger partial charge in [0.05, 0.1) is 0 Å². The summed E-state index contributed by atoms with van der Waals surface area (Å²) in [6.07, 6.45) is 6.10. The van der Waals surface area contributed by atoms with Crippen LogP contribution in [-0.4, -0.2) is 11.5 Å². The standard InChI is InChI=1S/C15H20N2S/c1-3-17-15(5-4-13-7-9-18-11-13)14-6-8-16-10-12(14)2/h6-11,15,17H,3-5H2,1-2H3. The Kier molecular flexibility index (Phi) is 4.90. The Morgan fingerprint density at radius 3 is 2.94 bits per heavy atom. The molecule has 0 fully saturated rings. The van der Waals surface area contributed by atoms with Gasteiger partial charge < -0.3 is 5.32 Å². The average Bonchev–Trinajstić information content (AvgIpc) is 2.88. The minimum atomic E-state index is 0.429. The first-order valence-corrected chi connectivity index (χ1v) is 7.40. The lowest BCUT2D eigenvalue weighted by atomic mass is 9.97. The number of pyridine rings is 1. The van der Waals surface area contributed by atoms with Crippen LogP contribution in [0.15, 0.2) is 35.3 Å². The van der Waals surface area contributed by atoms with Gasteiger partial charge in [0.2, 0.25) is 0 Å². The molecule has 0 amide bonds. The van der Waals surface area contributed by atoms with Gasteiger partial charge in [0.15, 0.2) is 0 Å². The molecule has 0 aliphatic rings. The van der Waals surface area contributed by atoms with Crippen molar-refractivity contribution in [1.82, 2.24) is 10.3 Å². The van der Waals surface area contributed by atoms with Gasteiger partial charge in [-0.3, -0.25) is 4.98 Å². The molecule has 1 unspecified atom stereocenters. The first-order valence-electron chi connectivity index (χ1n) is 6.46. The number of hydrogen-bond acceptors (Lipinski definition) is 3. The molecule has 0 aromatic carbocycles. The lowest BCUT2D eigenvalue weighted by Crippen LogP contribution is -2.22. The second kappa shape index (κ2) is 6.66. The molecule has 2 nitrogen and oxygen atoms in total. The van der Waals surface area contributed by atoms with E-state index in [2.05, 4.69) is 47.0 Å². The normalized spacial score (nSPS) is 12.6. The maximum atomic E-state index is 4.17. The first kappa shape index (κ1) is 13.2. The number of nitrogens with one attached hydrogen (secondary N) is 1. The molecule has 1 atom stereocenters. The second-order valence-corrected chi connectivity index (χ2v) is 5.29. The number of aromatic nitrogens is 1. The van der Waals surface area contributed by atoms with E-state index in [4.69, 9.17) is 0 Å². The van der Waals surface area contributed by atoms with E-state index in [1.807, 2.05) is 12.4 Å². The lowest BCUT2D eigenvalue weighted by molar-refractivity contribution is 0.513. The van der Waals surface area contributed by atoms with Gasteiger partial charge in [0, 0.05) is 18.4 Å². The van der Waals surface area contributed by atoms with E-state index in [1.165, 1.54) is 16.7 Å². The van der Waals surface area contributed by atoms with Crippen LogP contribution >= 0.6 is 11.3 Å². The predicted molar refractivity (Wildman–Crippen MR) is 78.0 cm³/mol. The zero-order chi connectivity index (χ0) is 12.8. The van der Waals surface area contributed by atoms with Crippen molar-refractivity contribution in [3.63, 3.8) is 0 Å². The Hall–Kier alpha value is -1.19. The maximum absolute atomic E-state index is 4.17. The molecule has 0 aliphatic heterocycles. The summed E-state index contributed by atoms with van der Waals surface area (Å²) in [5, 5.41) is 7.96. The second-order valence-electron chi connectivity index (χ2n) is 4.51. The van der Waals surface area contributed by atoms with Gasteiger partial charge in [0.1, 0.15) is 0 Å². The van der Waals surface area contributed by atoms with Crippen LogP contribution in [-0.2, 0) is 6.42 Å². The van der Waals surface area contributed by atoms with Crippen molar-refractivity contribution in [1.29, 1.82) is 0 Å². The van der Waals surface area contributed by atoms with Crippen LogP contribution < -0.4 is 5.32 Å². The van der Waals surface area contributed by atoms with Crippen LogP contribution in [0, 0.1) is 6.92 Å². The van der Waals surface area contributed by atoms with Gasteiger partial charge in [-0.25, -0.2) is 0 Å². The Balaban J connectivity index is 2.06. The SMILES string of the molecule is CCNC(CCc1ccsc1)c1ccncc1C. The van der Waals surface area contributed by atoms with Crippen molar-refractivity contribution in [3.05, 3.63) is 52.0 Å². The number of nitrogens with zero attached hydrogens (tertiary/aromatic N) is 1. The zero-order valence-corrected chi connectivity index (χ0v) is 11.8. The first-order chi connectivity index (χ1) is 8.81. The molecule has 0 spiro atoms. The van der Waals surface area contributed by atoms with Crippen LogP contribution in [0.3, 0.4) is 0 Å². The Morgan fingerprint density at radius 1 is 1.39 bits per heavy atom. The molecule has 0 saturated heterocycles. The minimum Gasteiger partial charge on any atom is -0.310 e. The van der Waals surface area contributed by atoms with E-state index in [-0.39, 0.29) is 0 Å². The van der Waals surface area contributed by atoms with E-state index in [0.29, 0.717) is 6.04 Å². The number of thiophene rings is 1. The molecule has 0 radical (unpaired) electrons. The third kappa shape index (κ3) is 3.40. The molecule has 3 heteroatoms. The Labute approximate surface area is 113 Å². The summed E-state index contributed by atoms with van der Waals surface area (Å²) in [5.41, 5.74) is 4.09. The summed E-state index contributed by atoms with van der Waals surface area (Å²) in [4.78, 5) is 4.17. The van der Waals surface area contributed by atoms with Gasteiger partial charge >= 0.3 is 0 Å². The van der Waals surface area contributed by atoms with Crippen LogP contribution in [0.1, 0.15) is 36.1 Å². The largest absolute Gasteiger partial charge is 0.310 e. The molecule has 18 heavy (non-hydrogen) atoms. The molecule has 2 rings (SSSR count). The molecule has 2 heterocycles. The highest BCUT2D eigenvalue weighted by Crippen LogP contribution is 2.22. The Morgan fingerprint density at radius 2 is 2.28 bits per heavy atom. The van der Waals surface area contributed by atoms with Crippen molar-refractivity contribution < 1.29 is 0 Å². The summed E-state index contributed by atoms with van der Waals surface area (Å²) in [6, 6.07) is 4.78. The fraction of sp³-hybridized carbons (Fsp3) is 0.400. The van der Waals surface area contributed by atoms with E-state index >= 15 is 0 Å². The Bertz CT molecular complexity index is 465. The molecule has 0 saturated carbocycles. The van der Waals surface area contributed by atoms with Crippen molar-refractivity contribution >= 4 is 11.3 Å². The highest BCUT2D eigenvalue weighted by Gasteiger charge is 2.12. The monoisotopic (exact) mass is 260 g/mol. The summed E-state index contributed by atoms with van der Waals surface area (Å²) in [7, 11) is 0. The summed E-state index contributed by atoms with van der Waals surface area (Å²) < 4.78 is 0. The van der Waals surface area contributed by atoms with E-state index < -0.39 is 0 Å². The molecule has 2 aromatic rings. The zero-order valence-electron chi connectivity index (χ0n) is 11.0. The van der Waals surface area contributed by atoms with Gasteiger partial charge in [-0.2, -0.15) is 11.3 Å². The average molecular weight is 260 g/mol. The van der Waals surface area contributed by atoms with E-state index in [0.717, 1.165) is 19.4 Å². The highest BCUT2D eigenvalue weighted by atomic mass is 32.1. The molecule has 0 aliphatic carbocycles. The van der Waals surface area contributed by atoms with Crippen LogP contribution in [0.5, 0.6) is 0 Å². The van der Waals surface area contributed by atoms with E-state index in [9.17, 15) is 0 Å². The third-order valence-corrected chi connectivity index (χ3v) is 3.92. The highest BCUT2D eigenvalue weighted by molar-refractivity contribution is 7.07. The van der Waals surface area contributed by atoms with Crippen LogP contribution in [0.4, 0.5) is 0 Å². The summed E-state index contributed by atoms with van der Waals surface area (Å²) in [5.74, 6) is 0. The van der Waals surface area contributed by atoms with Crippen LogP contribution in [0.2, 0.25) is 0 Å². The minimum absolute atomic E-state index is 0.429. The quantitative estimate of drug-likeness (QED) is 0.856. The molecular formula is C15H20N2S. The van der Waals surface area contributed by atoms with Crippen molar-refractivity contribution in [2.45, 2.75) is 32.7 Å². The molecule has 2 aromatic heterocycles. The predicted octanol–water partition coefficient (Wildman–Crippen LogP) is 3.73. The smallest absolute Gasteiger partial charge is 0.0327 e. The molecular weight excluding hydrogens is 240 g/mol. The number of aryl methyl sites for hydroxylation is 2. The molecule has 96 valence electrons. The lowest BCUT2D eigenvalue weighted by Gasteiger charge is -2.19. The molecule has 0 bridgehead atoms. The third-order valence-electron chi connectivity index (χ3n) is 3.19. The fourth-order valence-electron chi connectivity index (χ4n) is 2.23. The van der Waals surface area contributed by atoms with Crippen LogP contribution in [0.25, 0.3) is 0 Å². The number of rotatable bonds is 6. The van der Waals surface area contributed by atoms with Crippen molar-refractivity contribution in [3.8, 4) is 0 Å². The topological polar surface area (TPSA) is 24.9 Å². The summed E-state index contributed by atoms with van der Waals surface area (Å²) >= 11 is 1.77. The maximum Gasteiger partial charge on any atom is 0.0327 e. The number of hydrogen-bond donors (Lipinski definition) is 1. The van der Waals surface area contributed by atoms with Crippen molar-refractivity contribution in [2.75, 3.05) is 6.54 Å². The van der Waals surface area contributed by atoms with Gasteiger partial charge in [-0.05, 0) is 65.9 Å². The van der Waals surface area contributed by atoms with Gasteiger partial charge in [-0.1, -0.05) is 6.92 Å². The van der Waals surface area contributed by atoms with Crippen molar-refractivity contribution in [2.24, 2.45) is 0 Å². The fourth-order valence-corrected chi connectivity index (χ4v) is 2.94. The van der Waals surface area contributed by atoms with Gasteiger partial charge in [-0.15, -0.1) is 0 Å². The van der Waals surface area contributed by atoms with Gasteiger partial charge in [0.25, 0.3) is 0 Å².